The first-order valence-electron chi connectivity index (χ1n) is 10.9. The maximum absolute atomic E-state index is 12.9. The van der Waals surface area contributed by atoms with Crippen LogP contribution in [0.2, 0.25) is 0 Å². The highest BCUT2D eigenvalue weighted by molar-refractivity contribution is 7.80. The smallest absolute Gasteiger partial charge is 0.253 e. The van der Waals surface area contributed by atoms with Gasteiger partial charge in [0, 0.05) is 17.6 Å². The fourth-order valence-corrected chi connectivity index (χ4v) is 4.03. The molecular weight excluding hydrogens is 430 g/mol. The Hall–Kier alpha value is -3.64. The van der Waals surface area contributed by atoms with Gasteiger partial charge >= 0.3 is 0 Å². The van der Waals surface area contributed by atoms with Crippen molar-refractivity contribution in [3.8, 4) is 5.75 Å². The lowest BCUT2D eigenvalue weighted by Crippen LogP contribution is -2.35. The van der Waals surface area contributed by atoms with E-state index in [9.17, 15) is 4.79 Å². The number of nitrogens with one attached hydrogen (secondary N) is 2. The van der Waals surface area contributed by atoms with Gasteiger partial charge < -0.3 is 19.9 Å². The van der Waals surface area contributed by atoms with Crippen molar-refractivity contribution < 1.29 is 4.74 Å². The fraction of sp³-hybridized carbons (Fsp3) is 0.185. The van der Waals surface area contributed by atoms with Crippen LogP contribution in [0.15, 0.2) is 83.7 Å². The van der Waals surface area contributed by atoms with Crippen LogP contribution in [0.1, 0.15) is 23.6 Å². The van der Waals surface area contributed by atoms with E-state index >= 15 is 0 Å². The highest BCUT2D eigenvalue weighted by atomic mass is 32.1. The molecule has 0 atom stereocenters. The van der Waals surface area contributed by atoms with Crippen LogP contribution in [0.4, 0.5) is 5.69 Å². The van der Waals surface area contributed by atoms with E-state index in [1.165, 1.54) is 5.56 Å². The van der Waals surface area contributed by atoms with E-state index in [-0.39, 0.29) is 5.56 Å². The van der Waals surface area contributed by atoms with Gasteiger partial charge in [0.1, 0.15) is 5.75 Å². The Kier molecular flexibility index (Phi) is 7.05. The molecule has 0 spiro atoms. The molecule has 2 N–H and O–H groups in total. The number of para-hydroxylation sites is 2. The summed E-state index contributed by atoms with van der Waals surface area (Å²) in [5.74, 6) is 0.704. The molecule has 1 aromatic heterocycles. The van der Waals surface area contributed by atoms with Gasteiger partial charge in [-0.3, -0.25) is 4.79 Å². The molecule has 0 aliphatic rings. The van der Waals surface area contributed by atoms with Gasteiger partial charge in [-0.1, -0.05) is 55.5 Å². The van der Waals surface area contributed by atoms with Gasteiger partial charge in [-0.25, -0.2) is 0 Å². The molecule has 0 unspecified atom stereocenters. The minimum Gasteiger partial charge on any atom is -0.495 e. The molecular formula is C27H27N3O2S. The Morgan fingerprint density at radius 1 is 0.970 bits per heavy atom. The number of H-pyrrole nitrogens is 1. The van der Waals surface area contributed by atoms with E-state index in [1.54, 1.807) is 7.11 Å². The average Bonchev–Trinajstić information content (AvgIpc) is 2.84. The first kappa shape index (κ1) is 22.6. The van der Waals surface area contributed by atoms with Crippen LogP contribution in [0.5, 0.6) is 5.75 Å². The van der Waals surface area contributed by atoms with Crippen LogP contribution in [0.3, 0.4) is 0 Å². The molecule has 0 saturated carbocycles. The van der Waals surface area contributed by atoms with Crippen molar-refractivity contribution in [1.82, 2.24) is 9.88 Å². The van der Waals surface area contributed by atoms with Gasteiger partial charge in [0.25, 0.3) is 5.56 Å². The molecule has 4 aromatic rings. The maximum atomic E-state index is 12.9. The molecule has 5 nitrogen and oxygen atoms in total. The minimum absolute atomic E-state index is 0.107. The summed E-state index contributed by atoms with van der Waals surface area (Å²) in [6.07, 6.45) is 0.942. The van der Waals surface area contributed by atoms with Crippen LogP contribution in [0.25, 0.3) is 10.9 Å². The summed E-state index contributed by atoms with van der Waals surface area (Å²) in [5.41, 5.74) is 4.51. The van der Waals surface area contributed by atoms with Crippen molar-refractivity contribution in [2.75, 3.05) is 12.4 Å². The molecule has 0 amide bonds. The predicted molar refractivity (Wildman–Crippen MR) is 139 cm³/mol. The molecule has 0 radical (unpaired) electrons. The largest absolute Gasteiger partial charge is 0.495 e. The van der Waals surface area contributed by atoms with E-state index < -0.39 is 0 Å². The Morgan fingerprint density at radius 3 is 2.48 bits per heavy atom. The van der Waals surface area contributed by atoms with E-state index in [2.05, 4.69) is 35.4 Å². The van der Waals surface area contributed by atoms with Crippen molar-refractivity contribution in [3.63, 3.8) is 0 Å². The number of anilines is 1. The van der Waals surface area contributed by atoms with E-state index in [0.29, 0.717) is 29.5 Å². The number of fused-ring (bicyclic) bond motifs is 1. The maximum Gasteiger partial charge on any atom is 0.253 e. The molecule has 0 saturated heterocycles. The molecule has 0 bridgehead atoms. The zero-order chi connectivity index (χ0) is 23.2. The number of aromatic amines is 1. The number of hydrogen-bond acceptors (Lipinski definition) is 3. The molecule has 0 aliphatic heterocycles. The van der Waals surface area contributed by atoms with Crippen LogP contribution < -0.4 is 15.6 Å². The Morgan fingerprint density at radius 2 is 1.73 bits per heavy atom. The van der Waals surface area contributed by atoms with Crippen molar-refractivity contribution in [1.29, 1.82) is 0 Å². The van der Waals surface area contributed by atoms with Gasteiger partial charge in [-0.2, -0.15) is 0 Å². The van der Waals surface area contributed by atoms with Gasteiger partial charge in [-0.15, -0.1) is 0 Å². The third-order valence-corrected chi connectivity index (χ3v) is 5.97. The number of thiocarbonyl (C=S) groups is 1. The van der Waals surface area contributed by atoms with Crippen LogP contribution in [-0.4, -0.2) is 22.1 Å². The van der Waals surface area contributed by atoms with Gasteiger partial charge in [0.05, 0.1) is 19.3 Å². The second-order valence-electron chi connectivity index (χ2n) is 7.87. The number of aromatic nitrogens is 1. The van der Waals surface area contributed by atoms with Gasteiger partial charge in [0.2, 0.25) is 0 Å². The number of nitrogens with zero attached hydrogens (tertiary/aromatic N) is 1. The zero-order valence-corrected chi connectivity index (χ0v) is 19.6. The van der Waals surface area contributed by atoms with Gasteiger partial charge in [0.15, 0.2) is 5.11 Å². The first-order valence-corrected chi connectivity index (χ1v) is 11.4. The minimum atomic E-state index is -0.107. The molecule has 0 fully saturated rings. The van der Waals surface area contributed by atoms with Crippen LogP contribution in [-0.2, 0) is 19.5 Å². The summed E-state index contributed by atoms with van der Waals surface area (Å²) in [6.45, 7) is 3.06. The summed E-state index contributed by atoms with van der Waals surface area (Å²) in [7, 11) is 1.63. The van der Waals surface area contributed by atoms with Crippen molar-refractivity contribution in [2.24, 2.45) is 0 Å². The molecule has 0 aliphatic carbocycles. The molecule has 1 heterocycles. The summed E-state index contributed by atoms with van der Waals surface area (Å²) in [6, 6.07) is 25.8. The van der Waals surface area contributed by atoms with Crippen LogP contribution in [0, 0.1) is 0 Å². The number of pyridine rings is 1. The number of ether oxygens (including phenoxy) is 1. The SMILES string of the molecule is CCc1ccc2[nH]c(=O)c(CN(Cc3ccccc3)C(=S)Nc3ccccc3OC)cc2c1. The Balaban J connectivity index is 1.66. The molecule has 168 valence electrons. The third-order valence-electron chi connectivity index (χ3n) is 5.61. The number of rotatable bonds is 7. The number of benzene rings is 3. The van der Waals surface area contributed by atoms with Crippen molar-refractivity contribution in [3.05, 3.63) is 106 Å². The van der Waals surface area contributed by atoms with Gasteiger partial charge in [-0.05, 0) is 65.5 Å². The number of aryl methyl sites for hydroxylation is 1. The van der Waals surface area contributed by atoms with E-state index in [4.69, 9.17) is 17.0 Å². The highest BCUT2D eigenvalue weighted by Gasteiger charge is 2.16. The first-order chi connectivity index (χ1) is 16.1. The average molecular weight is 458 g/mol. The summed E-state index contributed by atoms with van der Waals surface area (Å²) >= 11 is 5.79. The standard InChI is InChI=1S/C27H27N3O2S/c1-3-19-13-14-23-21(15-19)16-22(26(31)28-23)18-30(17-20-9-5-4-6-10-20)27(33)29-24-11-7-8-12-25(24)32-2/h4-16H,3,17-18H2,1-2H3,(H,28,31)(H,29,33). The number of hydrogen-bond donors (Lipinski definition) is 2. The van der Waals surface area contributed by atoms with Crippen LogP contribution >= 0.6 is 12.2 Å². The summed E-state index contributed by atoms with van der Waals surface area (Å²) in [4.78, 5) is 17.9. The molecule has 4 rings (SSSR count). The van der Waals surface area contributed by atoms with Crippen molar-refractivity contribution >= 4 is 33.9 Å². The lowest BCUT2D eigenvalue weighted by Gasteiger charge is -2.26. The molecule has 6 heteroatoms. The quantitative estimate of drug-likeness (QED) is 0.359. The molecule has 3 aromatic carbocycles. The normalized spacial score (nSPS) is 10.7. The lowest BCUT2D eigenvalue weighted by atomic mass is 10.1. The summed E-state index contributed by atoms with van der Waals surface area (Å²) in [5, 5.41) is 4.84. The second-order valence-corrected chi connectivity index (χ2v) is 8.26. The Labute approximate surface area is 199 Å². The topological polar surface area (TPSA) is 57.4 Å². The highest BCUT2D eigenvalue weighted by Crippen LogP contribution is 2.24. The third kappa shape index (κ3) is 5.41. The monoisotopic (exact) mass is 457 g/mol. The number of methoxy groups -OCH3 is 1. The fourth-order valence-electron chi connectivity index (χ4n) is 3.79. The van der Waals surface area contributed by atoms with Crippen molar-refractivity contribution in [2.45, 2.75) is 26.4 Å². The second kappa shape index (κ2) is 10.3. The zero-order valence-electron chi connectivity index (χ0n) is 18.8. The molecule has 33 heavy (non-hydrogen) atoms. The predicted octanol–water partition coefficient (Wildman–Crippen LogP) is 5.50. The summed E-state index contributed by atoms with van der Waals surface area (Å²) < 4.78 is 5.46. The Bertz CT molecular complexity index is 1320. The van der Waals surface area contributed by atoms with E-state index in [1.807, 2.05) is 65.6 Å². The van der Waals surface area contributed by atoms with E-state index in [0.717, 1.165) is 28.6 Å². The lowest BCUT2D eigenvalue weighted by molar-refractivity contribution is 0.408.